The van der Waals surface area contributed by atoms with Crippen molar-refractivity contribution in [2.24, 2.45) is 0 Å². The molecule has 104 valence electrons. The van der Waals surface area contributed by atoms with Gasteiger partial charge in [-0.1, -0.05) is 30.3 Å². The van der Waals surface area contributed by atoms with Crippen LogP contribution in [0.2, 0.25) is 0 Å². The van der Waals surface area contributed by atoms with E-state index < -0.39 is 29.6 Å². The summed E-state index contributed by atoms with van der Waals surface area (Å²) in [6.07, 6.45) is 0. The number of H-pyrrole nitrogens is 2. The van der Waals surface area contributed by atoms with Crippen LogP contribution in [0.1, 0.15) is 5.56 Å². The fourth-order valence-electron chi connectivity index (χ4n) is 1.51. The van der Waals surface area contributed by atoms with Crippen LogP contribution in [0, 0.1) is 0 Å². The van der Waals surface area contributed by atoms with E-state index in [1.807, 2.05) is 16.0 Å². The van der Waals surface area contributed by atoms with E-state index in [9.17, 15) is 19.2 Å². The van der Waals surface area contributed by atoms with Crippen molar-refractivity contribution in [1.29, 1.82) is 0 Å². The van der Waals surface area contributed by atoms with Crippen molar-refractivity contribution >= 4 is 5.97 Å². The summed E-state index contributed by atoms with van der Waals surface area (Å²) in [7, 11) is 0. The number of hydrogen-bond acceptors (Lipinski definition) is 5. The van der Waals surface area contributed by atoms with Crippen molar-refractivity contribution in [2.45, 2.75) is 13.2 Å². The molecule has 0 saturated heterocycles. The van der Waals surface area contributed by atoms with Gasteiger partial charge in [-0.3, -0.25) is 14.8 Å². The molecule has 0 bridgehead atoms. The molecule has 20 heavy (non-hydrogen) atoms. The third-order valence-corrected chi connectivity index (χ3v) is 2.46. The number of rotatable bonds is 4. The van der Waals surface area contributed by atoms with E-state index in [0.29, 0.717) is 4.57 Å². The number of aromatic nitrogens is 3. The lowest BCUT2D eigenvalue weighted by molar-refractivity contribution is -0.145. The van der Waals surface area contributed by atoms with Crippen LogP contribution >= 0.6 is 0 Å². The third-order valence-electron chi connectivity index (χ3n) is 2.46. The first-order chi connectivity index (χ1) is 9.56. The molecule has 0 fully saturated rings. The number of benzene rings is 1. The van der Waals surface area contributed by atoms with Crippen LogP contribution in [-0.4, -0.2) is 20.5 Å². The van der Waals surface area contributed by atoms with Gasteiger partial charge in [-0.05, 0) is 5.56 Å². The molecular formula is C12H11N3O5. The summed E-state index contributed by atoms with van der Waals surface area (Å²) >= 11 is 0. The molecule has 1 aromatic carbocycles. The van der Waals surface area contributed by atoms with E-state index in [0.717, 1.165) is 5.56 Å². The summed E-state index contributed by atoms with van der Waals surface area (Å²) < 4.78 is 5.48. The monoisotopic (exact) mass is 277 g/mol. The van der Waals surface area contributed by atoms with Gasteiger partial charge in [0, 0.05) is 0 Å². The van der Waals surface area contributed by atoms with E-state index in [1.54, 1.807) is 24.3 Å². The average molecular weight is 277 g/mol. The van der Waals surface area contributed by atoms with Crippen LogP contribution in [0.3, 0.4) is 0 Å². The number of carbonyl (C=O) groups is 1. The number of hydrogen-bond donors (Lipinski definition) is 2. The number of nitrogens with zero attached hydrogens (tertiary/aromatic N) is 1. The van der Waals surface area contributed by atoms with E-state index >= 15 is 0 Å². The highest BCUT2D eigenvalue weighted by atomic mass is 16.5. The van der Waals surface area contributed by atoms with Crippen LogP contribution in [0.4, 0.5) is 0 Å². The van der Waals surface area contributed by atoms with E-state index in [2.05, 4.69) is 0 Å². The Balaban J connectivity index is 2.04. The molecule has 1 aromatic heterocycles. The minimum absolute atomic E-state index is 0.0374. The van der Waals surface area contributed by atoms with E-state index in [-0.39, 0.29) is 6.61 Å². The molecule has 0 radical (unpaired) electrons. The molecule has 8 heteroatoms. The highest BCUT2D eigenvalue weighted by Gasteiger charge is 2.10. The molecule has 1 heterocycles. The maximum atomic E-state index is 11.5. The average Bonchev–Trinajstić information content (AvgIpc) is 2.42. The summed E-state index contributed by atoms with van der Waals surface area (Å²) in [5, 5.41) is 0. The molecule has 0 unspecified atom stereocenters. The smallest absolute Gasteiger partial charge is 0.334 e. The largest absolute Gasteiger partial charge is 0.459 e. The van der Waals surface area contributed by atoms with Crippen LogP contribution in [0.5, 0.6) is 0 Å². The highest BCUT2D eigenvalue weighted by Crippen LogP contribution is 2.00. The zero-order valence-electron chi connectivity index (χ0n) is 10.3. The topological polar surface area (TPSA) is 114 Å². The molecule has 0 saturated carbocycles. The Morgan fingerprint density at radius 3 is 2.25 bits per heavy atom. The number of aromatic amines is 2. The quantitative estimate of drug-likeness (QED) is 0.693. The molecule has 0 aliphatic carbocycles. The number of nitrogens with one attached hydrogen (secondary N) is 2. The van der Waals surface area contributed by atoms with E-state index in [1.165, 1.54) is 0 Å². The second-order valence-corrected chi connectivity index (χ2v) is 3.92. The van der Waals surface area contributed by atoms with Gasteiger partial charge in [0.15, 0.2) is 0 Å². The van der Waals surface area contributed by atoms with Gasteiger partial charge in [-0.2, -0.15) is 0 Å². The fourth-order valence-corrected chi connectivity index (χ4v) is 1.51. The summed E-state index contributed by atoms with van der Waals surface area (Å²) in [6.45, 7) is -0.534. The summed E-state index contributed by atoms with van der Waals surface area (Å²) in [5.41, 5.74) is -2.07. The Kier molecular flexibility index (Phi) is 3.94. The molecule has 2 aromatic rings. The third kappa shape index (κ3) is 3.31. The SMILES string of the molecule is O=C(Cn1c(=O)[nH]c(=O)[nH]c1=O)OCc1ccccc1. The van der Waals surface area contributed by atoms with Crippen molar-refractivity contribution in [3.05, 3.63) is 67.3 Å². The lowest BCUT2D eigenvalue weighted by atomic mass is 10.2. The second-order valence-electron chi connectivity index (χ2n) is 3.92. The summed E-state index contributed by atoms with van der Waals surface area (Å²) in [5.74, 6) is -0.756. The van der Waals surface area contributed by atoms with Crippen LogP contribution in [0.25, 0.3) is 0 Å². The molecule has 0 aliphatic rings. The predicted molar refractivity (Wildman–Crippen MR) is 68.2 cm³/mol. The Labute approximate surface area is 111 Å². The van der Waals surface area contributed by atoms with Gasteiger partial charge in [-0.25, -0.2) is 19.0 Å². The Morgan fingerprint density at radius 2 is 1.65 bits per heavy atom. The Bertz CT molecular complexity index is 738. The zero-order chi connectivity index (χ0) is 14.5. The summed E-state index contributed by atoms with van der Waals surface area (Å²) in [6, 6.07) is 8.95. The van der Waals surface area contributed by atoms with Crippen LogP contribution in [-0.2, 0) is 22.7 Å². The molecule has 8 nitrogen and oxygen atoms in total. The van der Waals surface area contributed by atoms with Gasteiger partial charge in [-0.15, -0.1) is 0 Å². The first-order valence-corrected chi connectivity index (χ1v) is 5.69. The van der Waals surface area contributed by atoms with Gasteiger partial charge in [0.05, 0.1) is 0 Å². The second kappa shape index (κ2) is 5.83. The van der Waals surface area contributed by atoms with Crippen molar-refractivity contribution in [1.82, 2.24) is 14.5 Å². The number of ether oxygens (including phenoxy) is 1. The zero-order valence-corrected chi connectivity index (χ0v) is 10.3. The minimum Gasteiger partial charge on any atom is -0.459 e. The van der Waals surface area contributed by atoms with Gasteiger partial charge < -0.3 is 4.74 Å². The van der Waals surface area contributed by atoms with Gasteiger partial charge >= 0.3 is 23.0 Å². The van der Waals surface area contributed by atoms with Crippen LogP contribution in [0.15, 0.2) is 44.7 Å². The van der Waals surface area contributed by atoms with Crippen molar-refractivity contribution < 1.29 is 9.53 Å². The molecular weight excluding hydrogens is 266 g/mol. The normalized spacial score (nSPS) is 10.2. The van der Waals surface area contributed by atoms with Gasteiger partial charge in [0.2, 0.25) is 0 Å². The molecule has 2 N–H and O–H groups in total. The highest BCUT2D eigenvalue weighted by molar-refractivity contribution is 5.69. The lowest BCUT2D eigenvalue weighted by Gasteiger charge is -2.05. The predicted octanol–water partition coefficient (Wildman–Crippen LogP) is -1.03. The number of carbonyl (C=O) groups excluding carboxylic acids is 1. The summed E-state index contributed by atoms with van der Waals surface area (Å²) in [4.78, 5) is 48.8. The first kappa shape index (κ1) is 13.5. The molecule has 0 atom stereocenters. The van der Waals surface area contributed by atoms with Crippen molar-refractivity contribution in [2.75, 3.05) is 0 Å². The van der Waals surface area contributed by atoms with Crippen LogP contribution < -0.4 is 17.1 Å². The Morgan fingerprint density at radius 1 is 1.05 bits per heavy atom. The van der Waals surface area contributed by atoms with Gasteiger partial charge in [0.1, 0.15) is 13.2 Å². The van der Waals surface area contributed by atoms with Crippen molar-refractivity contribution in [3.8, 4) is 0 Å². The minimum atomic E-state index is -0.963. The maximum Gasteiger partial charge on any atom is 0.334 e. The lowest BCUT2D eigenvalue weighted by Crippen LogP contribution is -2.44. The van der Waals surface area contributed by atoms with E-state index in [4.69, 9.17) is 4.74 Å². The first-order valence-electron chi connectivity index (χ1n) is 5.69. The maximum absolute atomic E-state index is 11.5. The Hall–Kier alpha value is -2.90. The molecule has 0 aliphatic heterocycles. The molecule has 0 spiro atoms. The molecule has 2 rings (SSSR count). The van der Waals surface area contributed by atoms with Gasteiger partial charge in [0.25, 0.3) is 0 Å². The standard InChI is InChI=1S/C12H11N3O5/c16-9(20-7-8-4-2-1-3-5-8)6-15-11(18)13-10(17)14-12(15)19/h1-5H,6-7H2,(H2,13,14,17,18,19). The fraction of sp³-hybridized carbons (Fsp3) is 0.167. The molecule has 0 amide bonds. The van der Waals surface area contributed by atoms with Crippen molar-refractivity contribution in [3.63, 3.8) is 0 Å². The number of esters is 1.